The van der Waals surface area contributed by atoms with E-state index in [1.165, 1.54) is 23.1 Å². The van der Waals surface area contributed by atoms with Gasteiger partial charge in [-0.15, -0.1) is 0 Å². The Morgan fingerprint density at radius 2 is 2.26 bits per heavy atom. The number of nitrogens with one attached hydrogen (secondary N) is 1. The van der Waals surface area contributed by atoms with Gasteiger partial charge in [-0.05, 0) is 18.6 Å². The van der Waals surface area contributed by atoms with Gasteiger partial charge in [0.1, 0.15) is 23.8 Å². The molecular weight excluding hydrogens is 327 g/mol. The molecule has 0 saturated carbocycles. The molecule has 23 heavy (non-hydrogen) atoms. The van der Waals surface area contributed by atoms with Crippen LogP contribution in [0.1, 0.15) is 6.42 Å². The fourth-order valence-electron chi connectivity index (χ4n) is 2.27. The van der Waals surface area contributed by atoms with E-state index in [1.807, 2.05) is 0 Å². The number of sulfonamides is 1. The molecule has 128 valence electrons. The van der Waals surface area contributed by atoms with E-state index >= 15 is 0 Å². The molecule has 1 aliphatic heterocycles. The van der Waals surface area contributed by atoms with E-state index in [0.29, 0.717) is 18.7 Å². The van der Waals surface area contributed by atoms with Gasteiger partial charge in [-0.3, -0.25) is 4.79 Å². The monoisotopic (exact) mass is 346 g/mol. The summed E-state index contributed by atoms with van der Waals surface area (Å²) in [6.45, 7) is -0.0979. The summed E-state index contributed by atoms with van der Waals surface area (Å²) in [6.07, 6.45) is 1.26. The number of hydrogen-bond donors (Lipinski definition) is 2. The quantitative estimate of drug-likeness (QED) is 0.738. The lowest BCUT2D eigenvalue weighted by atomic mass is 10.1. The zero-order chi connectivity index (χ0) is 17.1. The minimum absolute atomic E-state index is 0.0343. The topological polar surface area (TPSA) is 95.9 Å². The molecule has 2 rings (SSSR count). The van der Waals surface area contributed by atoms with Crippen molar-refractivity contribution in [2.75, 3.05) is 32.5 Å². The third kappa shape index (κ3) is 5.45. The van der Waals surface area contributed by atoms with Crippen molar-refractivity contribution in [1.82, 2.24) is 9.62 Å². The van der Waals surface area contributed by atoms with Crippen molar-refractivity contribution in [2.45, 2.75) is 12.0 Å². The summed E-state index contributed by atoms with van der Waals surface area (Å²) < 4.78 is 42.5. The first-order valence-electron chi connectivity index (χ1n) is 7.00. The molecule has 1 aromatic rings. The average molecular weight is 346 g/mol. The number of aliphatic hydroxyl groups is 1. The minimum atomic E-state index is -3.45. The summed E-state index contributed by atoms with van der Waals surface area (Å²) in [7, 11) is -3.45. The number of rotatable bonds is 6. The molecule has 1 saturated heterocycles. The van der Waals surface area contributed by atoms with Crippen LogP contribution in [0, 0.1) is 5.82 Å². The number of β-amino-alcohol motifs (C(OH)–C–C–N with tert-alkyl or cyclic N) is 1. The molecule has 1 heterocycles. The summed E-state index contributed by atoms with van der Waals surface area (Å²) in [5.74, 6) is -0.566. The largest absolute Gasteiger partial charge is 0.490 e. The van der Waals surface area contributed by atoms with Crippen LogP contribution in [-0.2, 0) is 14.8 Å². The highest BCUT2D eigenvalue weighted by molar-refractivity contribution is 7.88. The van der Waals surface area contributed by atoms with E-state index in [-0.39, 0.29) is 19.7 Å². The van der Waals surface area contributed by atoms with Gasteiger partial charge >= 0.3 is 0 Å². The molecule has 0 bridgehead atoms. The zero-order valence-electron chi connectivity index (χ0n) is 12.7. The maximum absolute atomic E-state index is 13.1. The van der Waals surface area contributed by atoms with Crippen molar-refractivity contribution in [3.05, 3.63) is 30.1 Å². The van der Waals surface area contributed by atoms with Gasteiger partial charge in [-0.1, -0.05) is 6.07 Å². The standard InChI is InChI=1S/C14H19FN2O5S/c1-23(20,21)16-8-13(18)17-6-5-14(19,9-17)10-22-12-4-2-3-11(15)7-12/h2-4,7,16,19H,5-6,8-10H2,1H3/t14-/m0/s1. The minimum Gasteiger partial charge on any atom is -0.490 e. The van der Waals surface area contributed by atoms with Crippen LogP contribution < -0.4 is 9.46 Å². The molecule has 1 fully saturated rings. The molecule has 2 N–H and O–H groups in total. The number of benzene rings is 1. The number of halogens is 1. The number of ether oxygens (including phenoxy) is 1. The second kappa shape index (κ2) is 6.81. The molecule has 0 aromatic heterocycles. The van der Waals surface area contributed by atoms with E-state index in [4.69, 9.17) is 4.74 Å². The van der Waals surface area contributed by atoms with Gasteiger partial charge in [0.2, 0.25) is 15.9 Å². The van der Waals surface area contributed by atoms with Gasteiger partial charge in [-0.25, -0.2) is 17.5 Å². The first-order valence-corrected chi connectivity index (χ1v) is 8.89. The lowest BCUT2D eigenvalue weighted by molar-refractivity contribution is -0.130. The van der Waals surface area contributed by atoms with Crippen LogP contribution in [0.4, 0.5) is 4.39 Å². The van der Waals surface area contributed by atoms with Crippen LogP contribution in [0.15, 0.2) is 24.3 Å². The van der Waals surface area contributed by atoms with Crippen molar-refractivity contribution in [3.63, 3.8) is 0 Å². The van der Waals surface area contributed by atoms with Crippen LogP contribution in [-0.4, -0.2) is 62.4 Å². The molecule has 7 nitrogen and oxygen atoms in total. The maximum atomic E-state index is 13.1. The van der Waals surface area contributed by atoms with E-state index in [2.05, 4.69) is 4.72 Å². The van der Waals surface area contributed by atoms with E-state index in [0.717, 1.165) is 6.26 Å². The molecule has 1 amide bonds. The van der Waals surface area contributed by atoms with Crippen LogP contribution in [0.3, 0.4) is 0 Å². The Kier molecular flexibility index (Phi) is 5.23. The molecule has 1 atom stereocenters. The molecule has 0 unspecified atom stereocenters. The summed E-state index contributed by atoms with van der Waals surface area (Å²) in [6, 6.07) is 5.56. The lowest BCUT2D eigenvalue weighted by Crippen LogP contribution is -2.43. The number of amides is 1. The van der Waals surface area contributed by atoms with Crippen molar-refractivity contribution in [2.24, 2.45) is 0 Å². The van der Waals surface area contributed by atoms with Crippen LogP contribution in [0.25, 0.3) is 0 Å². The Morgan fingerprint density at radius 1 is 1.52 bits per heavy atom. The Morgan fingerprint density at radius 3 is 2.91 bits per heavy atom. The molecular formula is C14H19FN2O5S. The van der Waals surface area contributed by atoms with Crippen molar-refractivity contribution >= 4 is 15.9 Å². The molecule has 0 spiro atoms. The first-order chi connectivity index (χ1) is 10.7. The van der Waals surface area contributed by atoms with Gasteiger partial charge in [0.05, 0.1) is 19.3 Å². The molecule has 0 radical (unpaired) electrons. The summed E-state index contributed by atoms with van der Waals surface area (Å²) in [4.78, 5) is 13.3. The van der Waals surface area contributed by atoms with Crippen LogP contribution in [0.2, 0.25) is 0 Å². The molecule has 0 aliphatic carbocycles. The Hall–Kier alpha value is -1.71. The van der Waals surface area contributed by atoms with E-state index in [1.54, 1.807) is 6.07 Å². The highest BCUT2D eigenvalue weighted by Crippen LogP contribution is 2.23. The number of nitrogens with zero attached hydrogens (tertiary/aromatic N) is 1. The number of hydrogen-bond acceptors (Lipinski definition) is 5. The zero-order valence-corrected chi connectivity index (χ0v) is 13.5. The maximum Gasteiger partial charge on any atom is 0.237 e. The van der Waals surface area contributed by atoms with E-state index in [9.17, 15) is 22.7 Å². The van der Waals surface area contributed by atoms with Gasteiger partial charge in [0, 0.05) is 12.6 Å². The fourth-order valence-corrected chi connectivity index (χ4v) is 2.65. The second-order valence-corrected chi connectivity index (χ2v) is 7.46. The smallest absolute Gasteiger partial charge is 0.237 e. The lowest BCUT2D eigenvalue weighted by Gasteiger charge is -2.23. The third-order valence-corrected chi connectivity index (χ3v) is 4.14. The second-order valence-electron chi connectivity index (χ2n) is 5.63. The number of carbonyl (C=O) groups is 1. The predicted molar refractivity (Wildman–Crippen MR) is 80.9 cm³/mol. The number of likely N-dealkylation sites (tertiary alicyclic amines) is 1. The SMILES string of the molecule is CS(=O)(=O)NCC(=O)N1CC[C@@](O)(COc2cccc(F)c2)C1. The Balaban J connectivity index is 1.86. The van der Waals surface area contributed by atoms with Crippen molar-refractivity contribution in [3.8, 4) is 5.75 Å². The van der Waals surface area contributed by atoms with Gasteiger partial charge in [0.15, 0.2) is 0 Å². The third-order valence-electron chi connectivity index (χ3n) is 3.47. The highest BCUT2D eigenvalue weighted by Gasteiger charge is 2.39. The summed E-state index contributed by atoms with van der Waals surface area (Å²) in [5.41, 5.74) is -1.24. The van der Waals surface area contributed by atoms with Crippen molar-refractivity contribution < 1.29 is 27.4 Å². The number of carbonyl (C=O) groups excluding carboxylic acids is 1. The first kappa shape index (κ1) is 17.6. The normalized spacial score (nSPS) is 21.4. The fraction of sp³-hybridized carbons (Fsp3) is 0.500. The van der Waals surface area contributed by atoms with Gasteiger partial charge in [0.25, 0.3) is 0 Å². The molecule has 9 heteroatoms. The average Bonchev–Trinajstić information content (AvgIpc) is 2.85. The van der Waals surface area contributed by atoms with Crippen molar-refractivity contribution in [1.29, 1.82) is 0 Å². The van der Waals surface area contributed by atoms with Gasteiger partial charge < -0.3 is 14.7 Å². The Bertz CT molecular complexity index is 682. The van der Waals surface area contributed by atoms with Crippen LogP contribution in [0.5, 0.6) is 5.75 Å². The van der Waals surface area contributed by atoms with E-state index < -0.39 is 27.3 Å². The molecule has 1 aromatic carbocycles. The predicted octanol–water partition coefficient (Wildman–Crippen LogP) is -0.283. The van der Waals surface area contributed by atoms with Crippen LogP contribution >= 0.6 is 0 Å². The van der Waals surface area contributed by atoms with Gasteiger partial charge in [-0.2, -0.15) is 0 Å². The summed E-state index contributed by atoms with van der Waals surface area (Å²) >= 11 is 0. The molecule has 1 aliphatic rings. The highest BCUT2D eigenvalue weighted by atomic mass is 32.2. The Labute approximate surface area is 134 Å². The summed E-state index contributed by atoms with van der Waals surface area (Å²) in [5, 5.41) is 10.4.